The second-order valence-corrected chi connectivity index (χ2v) is 17.6. The van der Waals surface area contributed by atoms with E-state index < -0.39 is 92.7 Å². The maximum absolute atomic E-state index is 12.9. The maximum atomic E-state index is 12.9. The minimum atomic E-state index is -1.76. The van der Waals surface area contributed by atoms with E-state index in [1.807, 2.05) is 0 Å². The average molecular weight is 905 g/mol. The van der Waals surface area contributed by atoms with Gasteiger partial charge >= 0.3 is 11.9 Å². The summed E-state index contributed by atoms with van der Waals surface area (Å²) in [6, 6.07) is 0. The number of carbonyl (C=O) groups excluding carboxylic acids is 2. The minimum absolute atomic E-state index is 0.169. The topological polar surface area (TPSA) is 231 Å². The van der Waals surface area contributed by atoms with E-state index in [9.17, 15) is 45.3 Å². The number of carbonyl (C=O) groups is 2. The summed E-state index contributed by atoms with van der Waals surface area (Å²) in [4.78, 5) is 25.6. The molecule has 7 N–H and O–H groups in total. The summed E-state index contributed by atoms with van der Waals surface area (Å²) in [7, 11) is 0. The lowest BCUT2D eigenvalue weighted by Gasteiger charge is -2.42. The average Bonchev–Trinajstić information content (AvgIpc) is 3.28. The van der Waals surface area contributed by atoms with Crippen LogP contribution in [0.2, 0.25) is 0 Å². The van der Waals surface area contributed by atoms with E-state index in [0.29, 0.717) is 12.8 Å². The van der Waals surface area contributed by atoms with Crippen LogP contribution in [-0.2, 0) is 38.0 Å². The zero-order valence-corrected chi connectivity index (χ0v) is 38.8. The van der Waals surface area contributed by atoms with Crippen LogP contribution in [0.4, 0.5) is 0 Å². The highest BCUT2D eigenvalue weighted by Gasteiger charge is 2.47. The Morgan fingerprint density at radius 1 is 0.492 bits per heavy atom. The molecule has 2 rings (SSSR count). The molecule has 0 aliphatic carbocycles. The third-order valence-corrected chi connectivity index (χ3v) is 12.0. The largest absolute Gasteiger partial charge is 0.462 e. The standard InChI is InChI=1S/C48H88O15/c1-3-5-7-9-11-13-15-16-17-18-19-20-21-23-24-26-28-30-39(50)58-33-36(61-40(51)31-29-27-25-22-14-12-10-8-6-4-2)34-59-47-46(57)44(55)42(53)38(63-47)35-60-48-45(56)43(54)41(52)37(32-49)62-48/h13,15,36-38,41-49,52-57H,3-12,14,16-35H2,1-2H3/b15-13+/t36-,37+,38+,41-,42-,43?,44?,45?,46?,47+,48+/m1/s1. The molecule has 0 amide bonds. The van der Waals surface area contributed by atoms with Crippen LogP contribution < -0.4 is 0 Å². The molecule has 2 heterocycles. The van der Waals surface area contributed by atoms with Crippen LogP contribution in [0.1, 0.15) is 187 Å². The normalized spacial score (nSPS) is 26.9. The Bertz CT molecular complexity index is 1160. The number of aliphatic hydroxyl groups excluding tert-OH is 7. The van der Waals surface area contributed by atoms with E-state index in [2.05, 4.69) is 26.0 Å². The second kappa shape index (κ2) is 36.4. The van der Waals surface area contributed by atoms with Crippen LogP contribution in [0.5, 0.6) is 0 Å². The van der Waals surface area contributed by atoms with Gasteiger partial charge in [-0.25, -0.2) is 0 Å². The monoisotopic (exact) mass is 905 g/mol. The predicted molar refractivity (Wildman–Crippen MR) is 238 cm³/mol. The zero-order chi connectivity index (χ0) is 46.1. The Hall–Kier alpha value is -1.76. The third-order valence-electron chi connectivity index (χ3n) is 12.0. The first-order valence-electron chi connectivity index (χ1n) is 24.8. The second-order valence-electron chi connectivity index (χ2n) is 17.6. The smallest absolute Gasteiger partial charge is 0.306 e. The molecule has 2 aliphatic rings. The fraction of sp³-hybridized carbons (Fsp3) is 0.917. The lowest BCUT2D eigenvalue weighted by Crippen LogP contribution is -2.61. The Morgan fingerprint density at radius 3 is 1.41 bits per heavy atom. The molecule has 63 heavy (non-hydrogen) atoms. The van der Waals surface area contributed by atoms with Crippen LogP contribution in [0.15, 0.2) is 12.2 Å². The van der Waals surface area contributed by atoms with Crippen molar-refractivity contribution in [3.8, 4) is 0 Å². The van der Waals surface area contributed by atoms with Crippen LogP contribution in [-0.4, -0.2) is 142 Å². The molecule has 0 aromatic carbocycles. The van der Waals surface area contributed by atoms with Crippen molar-refractivity contribution in [2.45, 2.75) is 255 Å². The van der Waals surface area contributed by atoms with Crippen molar-refractivity contribution < 1.29 is 73.8 Å². The summed E-state index contributed by atoms with van der Waals surface area (Å²) < 4.78 is 33.5. The highest BCUT2D eigenvalue weighted by Crippen LogP contribution is 2.26. The first-order valence-corrected chi connectivity index (χ1v) is 24.8. The molecule has 2 fully saturated rings. The van der Waals surface area contributed by atoms with E-state index >= 15 is 0 Å². The van der Waals surface area contributed by atoms with Gasteiger partial charge in [0, 0.05) is 12.8 Å². The van der Waals surface area contributed by atoms with Crippen molar-refractivity contribution in [1.29, 1.82) is 0 Å². The summed E-state index contributed by atoms with van der Waals surface area (Å²) in [5, 5.41) is 71.9. The van der Waals surface area contributed by atoms with Crippen LogP contribution in [0, 0.1) is 0 Å². The molecule has 15 heteroatoms. The van der Waals surface area contributed by atoms with Crippen LogP contribution >= 0.6 is 0 Å². The summed E-state index contributed by atoms with van der Waals surface area (Å²) in [6.07, 6.45) is 16.8. The molecule has 2 aliphatic heterocycles. The van der Waals surface area contributed by atoms with Gasteiger partial charge in [0.15, 0.2) is 18.7 Å². The highest BCUT2D eigenvalue weighted by molar-refractivity contribution is 5.70. The SMILES string of the molecule is CCCCCC/C=C/CCCCCCCCCCCC(=O)OC[C@H](CO[C@H]1O[C@@H](CO[C@H]2O[C@@H](CO)[C@@H](O)C(O)C2O)[C@@H](O)C(O)C1O)OC(=O)CCCCCCCCCCCC. The summed E-state index contributed by atoms with van der Waals surface area (Å²) in [6.45, 7) is 2.56. The fourth-order valence-corrected chi connectivity index (χ4v) is 7.86. The molecule has 0 aromatic heterocycles. The van der Waals surface area contributed by atoms with Gasteiger partial charge in [0.25, 0.3) is 0 Å². The highest BCUT2D eigenvalue weighted by atomic mass is 16.7. The Balaban J connectivity index is 1.80. The first-order chi connectivity index (χ1) is 30.5. The molecule has 370 valence electrons. The summed E-state index contributed by atoms with van der Waals surface area (Å²) >= 11 is 0. The van der Waals surface area contributed by atoms with Gasteiger partial charge in [-0.2, -0.15) is 0 Å². The number of rotatable bonds is 38. The number of hydrogen-bond donors (Lipinski definition) is 7. The van der Waals surface area contributed by atoms with E-state index in [-0.39, 0.29) is 26.1 Å². The van der Waals surface area contributed by atoms with Gasteiger partial charge in [-0.3, -0.25) is 9.59 Å². The number of hydrogen-bond acceptors (Lipinski definition) is 15. The van der Waals surface area contributed by atoms with Crippen LogP contribution in [0.25, 0.3) is 0 Å². The molecule has 0 saturated carbocycles. The molecule has 0 radical (unpaired) electrons. The zero-order valence-electron chi connectivity index (χ0n) is 38.8. The van der Waals surface area contributed by atoms with E-state index in [4.69, 9.17) is 28.4 Å². The van der Waals surface area contributed by atoms with Gasteiger partial charge in [0.1, 0.15) is 55.4 Å². The first kappa shape index (κ1) is 57.4. The summed E-state index contributed by atoms with van der Waals surface area (Å²) in [5.74, 6) is -0.922. The molecule has 0 aromatic rings. The van der Waals surface area contributed by atoms with Crippen molar-refractivity contribution in [2.75, 3.05) is 26.4 Å². The molecular formula is C48H88O15. The lowest BCUT2D eigenvalue weighted by atomic mass is 9.98. The molecular weight excluding hydrogens is 817 g/mol. The number of allylic oxidation sites excluding steroid dienone is 2. The molecule has 11 atom stereocenters. The molecule has 0 spiro atoms. The quantitative estimate of drug-likeness (QED) is 0.0208. The Morgan fingerprint density at radius 2 is 0.905 bits per heavy atom. The lowest BCUT2D eigenvalue weighted by molar-refractivity contribution is -0.332. The van der Waals surface area contributed by atoms with E-state index in [1.165, 1.54) is 109 Å². The fourth-order valence-electron chi connectivity index (χ4n) is 7.86. The number of unbranched alkanes of at least 4 members (excludes halogenated alkanes) is 22. The Labute approximate surface area is 378 Å². The third kappa shape index (κ3) is 25.1. The molecule has 0 bridgehead atoms. The van der Waals surface area contributed by atoms with Crippen molar-refractivity contribution in [1.82, 2.24) is 0 Å². The van der Waals surface area contributed by atoms with Crippen molar-refractivity contribution in [3.05, 3.63) is 12.2 Å². The molecule has 4 unspecified atom stereocenters. The van der Waals surface area contributed by atoms with Crippen LogP contribution in [0.3, 0.4) is 0 Å². The van der Waals surface area contributed by atoms with Gasteiger partial charge in [-0.1, -0.05) is 148 Å². The maximum Gasteiger partial charge on any atom is 0.306 e. The van der Waals surface area contributed by atoms with Gasteiger partial charge in [0.05, 0.1) is 19.8 Å². The summed E-state index contributed by atoms with van der Waals surface area (Å²) in [5.41, 5.74) is 0. The minimum Gasteiger partial charge on any atom is -0.462 e. The molecule has 15 nitrogen and oxygen atoms in total. The molecule has 2 saturated heterocycles. The Kier molecular flexibility index (Phi) is 33.1. The number of ether oxygens (including phenoxy) is 6. The van der Waals surface area contributed by atoms with Gasteiger partial charge in [0.2, 0.25) is 0 Å². The predicted octanol–water partition coefficient (Wildman–Crippen LogP) is 6.21. The van der Waals surface area contributed by atoms with E-state index in [0.717, 1.165) is 38.5 Å². The van der Waals surface area contributed by atoms with Gasteiger partial charge in [-0.15, -0.1) is 0 Å². The van der Waals surface area contributed by atoms with Crippen molar-refractivity contribution >= 4 is 11.9 Å². The van der Waals surface area contributed by atoms with Gasteiger partial charge in [-0.05, 0) is 38.5 Å². The van der Waals surface area contributed by atoms with Gasteiger partial charge < -0.3 is 64.2 Å². The van der Waals surface area contributed by atoms with Crippen molar-refractivity contribution in [2.24, 2.45) is 0 Å². The number of aliphatic hydroxyl groups is 7. The van der Waals surface area contributed by atoms with E-state index in [1.54, 1.807) is 0 Å². The van der Waals surface area contributed by atoms with Crippen molar-refractivity contribution in [3.63, 3.8) is 0 Å². The number of esters is 2.